The molecule has 0 amide bonds. The van der Waals surface area contributed by atoms with Crippen molar-refractivity contribution in [3.8, 4) is 5.75 Å². The number of nitrogen functional groups attached to an aromatic ring is 1. The Balaban J connectivity index is 3.16. The minimum atomic E-state index is 0.614. The smallest absolute Gasteiger partial charge is 0.139 e. The molecule has 1 aromatic rings. The van der Waals surface area contributed by atoms with Crippen molar-refractivity contribution >= 4 is 17.3 Å². The van der Waals surface area contributed by atoms with E-state index in [-0.39, 0.29) is 0 Å². The van der Waals surface area contributed by atoms with Crippen LogP contribution in [0.15, 0.2) is 12.1 Å². The van der Waals surface area contributed by atoms with Gasteiger partial charge in [0.15, 0.2) is 0 Å². The molecule has 0 saturated carbocycles. The lowest BCUT2D eigenvalue weighted by Gasteiger charge is -2.07. The van der Waals surface area contributed by atoms with Crippen molar-refractivity contribution in [1.29, 1.82) is 0 Å². The van der Waals surface area contributed by atoms with E-state index in [0.717, 1.165) is 17.7 Å². The quantitative estimate of drug-likeness (QED) is 0.719. The van der Waals surface area contributed by atoms with Gasteiger partial charge in [-0.25, -0.2) is 0 Å². The maximum atomic E-state index is 5.90. The van der Waals surface area contributed by atoms with E-state index in [1.807, 2.05) is 13.0 Å². The Morgan fingerprint density at radius 3 is 2.67 bits per heavy atom. The second kappa shape index (κ2) is 3.68. The minimum Gasteiger partial charge on any atom is -0.495 e. The Labute approximate surface area is 77.3 Å². The normalized spacial score (nSPS) is 9.92. The molecule has 0 fully saturated rings. The van der Waals surface area contributed by atoms with E-state index in [4.69, 9.17) is 22.1 Å². The molecule has 12 heavy (non-hydrogen) atoms. The van der Waals surface area contributed by atoms with Crippen molar-refractivity contribution in [2.75, 3.05) is 12.8 Å². The molecule has 2 nitrogen and oxygen atoms in total. The molecule has 0 aliphatic rings. The fourth-order valence-corrected chi connectivity index (χ4v) is 1.34. The summed E-state index contributed by atoms with van der Waals surface area (Å²) in [6, 6.07) is 3.59. The Morgan fingerprint density at radius 1 is 1.50 bits per heavy atom. The van der Waals surface area contributed by atoms with Crippen molar-refractivity contribution in [3.63, 3.8) is 0 Å². The summed E-state index contributed by atoms with van der Waals surface area (Å²) >= 11 is 5.90. The Bertz CT molecular complexity index is 256. The topological polar surface area (TPSA) is 35.2 Å². The Kier molecular flexibility index (Phi) is 2.82. The number of methoxy groups -OCH3 is 1. The van der Waals surface area contributed by atoms with Crippen LogP contribution in [0.4, 0.5) is 5.69 Å². The van der Waals surface area contributed by atoms with E-state index >= 15 is 0 Å². The number of benzene rings is 1. The fourth-order valence-electron chi connectivity index (χ4n) is 1.07. The second-order valence-electron chi connectivity index (χ2n) is 2.54. The third-order valence-corrected chi connectivity index (χ3v) is 2.09. The van der Waals surface area contributed by atoms with Crippen LogP contribution in [0.3, 0.4) is 0 Å². The van der Waals surface area contributed by atoms with Gasteiger partial charge in [-0.1, -0.05) is 18.5 Å². The molecule has 0 saturated heterocycles. The molecule has 0 aliphatic heterocycles. The SMILES string of the molecule is CCc1cc(Cl)c(OC)cc1N. The highest BCUT2D eigenvalue weighted by Crippen LogP contribution is 2.29. The number of aryl methyl sites for hydroxylation is 1. The number of rotatable bonds is 2. The van der Waals surface area contributed by atoms with Gasteiger partial charge in [-0.05, 0) is 18.1 Å². The fraction of sp³-hybridized carbons (Fsp3) is 0.333. The van der Waals surface area contributed by atoms with Crippen LogP contribution < -0.4 is 10.5 Å². The summed E-state index contributed by atoms with van der Waals surface area (Å²) in [6.07, 6.45) is 0.884. The lowest BCUT2D eigenvalue weighted by Crippen LogP contribution is -1.94. The van der Waals surface area contributed by atoms with Gasteiger partial charge >= 0.3 is 0 Å². The predicted molar refractivity (Wildman–Crippen MR) is 51.8 cm³/mol. The summed E-state index contributed by atoms with van der Waals surface area (Å²) in [5.74, 6) is 0.631. The summed E-state index contributed by atoms with van der Waals surface area (Å²) in [4.78, 5) is 0. The van der Waals surface area contributed by atoms with E-state index in [1.54, 1.807) is 13.2 Å². The molecule has 2 N–H and O–H groups in total. The van der Waals surface area contributed by atoms with Gasteiger partial charge in [0.1, 0.15) is 5.75 Å². The summed E-state index contributed by atoms with van der Waals surface area (Å²) < 4.78 is 5.01. The van der Waals surface area contributed by atoms with Crippen molar-refractivity contribution < 1.29 is 4.74 Å². The summed E-state index contributed by atoms with van der Waals surface area (Å²) in [7, 11) is 1.58. The molecule has 1 aromatic carbocycles. The molecule has 0 atom stereocenters. The first-order valence-electron chi connectivity index (χ1n) is 3.81. The zero-order valence-electron chi connectivity index (χ0n) is 7.23. The summed E-state index contributed by atoms with van der Waals surface area (Å²) in [5.41, 5.74) is 7.53. The average Bonchev–Trinajstić information content (AvgIpc) is 2.08. The second-order valence-corrected chi connectivity index (χ2v) is 2.95. The number of hydrogen-bond donors (Lipinski definition) is 1. The van der Waals surface area contributed by atoms with Crippen LogP contribution in [0.25, 0.3) is 0 Å². The van der Waals surface area contributed by atoms with Gasteiger partial charge in [0.2, 0.25) is 0 Å². The van der Waals surface area contributed by atoms with E-state index in [2.05, 4.69) is 0 Å². The van der Waals surface area contributed by atoms with Crippen molar-refractivity contribution in [2.45, 2.75) is 13.3 Å². The van der Waals surface area contributed by atoms with Crippen LogP contribution in [0.5, 0.6) is 5.75 Å². The van der Waals surface area contributed by atoms with Crippen molar-refractivity contribution in [1.82, 2.24) is 0 Å². The molecule has 0 spiro atoms. The average molecular weight is 186 g/mol. The number of halogens is 1. The summed E-state index contributed by atoms with van der Waals surface area (Å²) in [6.45, 7) is 2.04. The molecule has 66 valence electrons. The molecule has 0 unspecified atom stereocenters. The number of nitrogens with two attached hydrogens (primary N) is 1. The third-order valence-electron chi connectivity index (χ3n) is 1.79. The third kappa shape index (κ3) is 1.64. The molecular formula is C9H12ClNO. The van der Waals surface area contributed by atoms with Gasteiger partial charge in [-0.3, -0.25) is 0 Å². The first-order chi connectivity index (χ1) is 5.69. The van der Waals surface area contributed by atoms with Crippen LogP contribution >= 0.6 is 11.6 Å². The molecule has 0 aliphatic carbocycles. The first kappa shape index (κ1) is 9.20. The molecule has 0 radical (unpaired) electrons. The van der Waals surface area contributed by atoms with Crippen molar-refractivity contribution in [2.24, 2.45) is 0 Å². The number of anilines is 1. The van der Waals surface area contributed by atoms with Gasteiger partial charge in [-0.2, -0.15) is 0 Å². The molecule has 0 heterocycles. The first-order valence-corrected chi connectivity index (χ1v) is 4.18. The lowest BCUT2D eigenvalue weighted by molar-refractivity contribution is 0.415. The van der Waals surface area contributed by atoms with Crippen LogP contribution in [0.2, 0.25) is 5.02 Å². The maximum absolute atomic E-state index is 5.90. The Hall–Kier alpha value is -0.890. The molecule has 1 rings (SSSR count). The molecular weight excluding hydrogens is 174 g/mol. The van der Waals surface area contributed by atoms with Gasteiger partial charge in [-0.15, -0.1) is 0 Å². The maximum Gasteiger partial charge on any atom is 0.139 e. The molecule has 0 bridgehead atoms. The van der Waals surface area contributed by atoms with E-state index < -0.39 is 0 Å². The Morgan fingerprint density at radius 2 is 2.17 bits per heavy atom. The van der Waals surface area contributed by atoms with Crippen LogP contribution in [0.1, 0.15) is 12.5 Å². The number of hydrogen-bond acceptors (Lipinski definition) is 2. The van der Waals surface area contributed by atoms with Crippen LogP contribution in [-0.4, -0.2) is 7.11 Å². The van der Waals surface area contributed by atoms with Gasteiger partial charge < -0.3 is 10.5 Å². The van der Waals surface area contributed by atoms with Gasteiger partial charge in [0.25, 0.3) is 0 Å². The van der Waals surface area contributed by atoms with E-state index in [0.29, 0.717) is 10.8 Å². The zero-order valence-corrected chi connectivity index (χ0v) is 7.98. The highest BCUT2D eigenvalue weighted by Gasteiger charge is 2.04. The monoisotopic (exact) mass is 185 g/mol. The van der Waals surface area contributed by atoms with E-state index in [1.165, 1.54) is 0 Å². The zero-order chi connectivity index (χ0) is 9.14. The van der Waals surface area contributed by atoms with Gasteiger partial charge in [0, 0.05) is 11.8 Å². The number of ether oxygens (including phenoxy) is 1. The van der Waals surface area contributed by atoms with Gasteiger partial charge in [0.05, 0.1) is 12.1 Å². The highest BCUT2D eigenvalue weighted by atomic mass is 35.5. The minimum absolute atomic E-state index is 0.614. The summed E-state index contributed by atoms with van der Waals surface area (Å²) in [5, 5.41) is 0.614. The molecule has 3 heteroatoms. The predicted octanol–water partition coefficient (Wildman–Crippen LogP) is 2.49. The van der Waals surface area contributed by atoms with Crippen LogP contribution in [0, 0.1) is 0 Å². The van der Waals surface area contributed by atoms with Crippen LogP contribution in [-0.2, 0) is 6.42 Å². The lowest BCUT2D eigenvalue weighted by atomic mass is 10.1. The highest BCUT2D eigenvalue weighted by molar-refractivity contribution is 6.32. The largest absolute Gasteiger partial charge is 0.495 e. The van der Waals surface area contributed by atoms with E-state index in [9.17, 15) is 0 Å². The standard InChI is InChI=1S/C9H12ClNO/c1-3-6-4-7(10)9(12-2)5-8(6)11/h4-5H,3,11H2,1-2H3. The molecule has 0 aromatic heterocycles. The van der Waals surface area contributed by atoms with Crippen molar-refractivity contribution in [3.05, 3.63) is 22.7 Å².